The van der Waals surface area contributed by atoms with Gasteiger partial charge in [0.2, 0.25) is 0 Å². The molecular weight excluding hydrogens is 338 g/mol. The lowest BCUT2D eigenvalue weighted by Crippen LogP contribution is -2.36. The van der Waals surface area contributed by atoms with Crippen LogP contribution in [0.4, 0.5) is 5.82 Å². The molecule has 3 aromatic rings. The van der Waals surface area contributed by atoms with E-state index in [0.29, 0.717) is 19.8 Å². The van der Waals surface area contributed by atoms with Gasteiger partial charge in [0.15, 0.2) is 12.1 Å². The van der Waals surface area contributed by atoms with Gasteiger partial charge in [-0.2, -0.15) is 5.10 Å². The molecule has 130 valence electrons. The van der Waals surface area contributed by atoms with E-state index in [1.807, 2.05) is 35.0 Å². The Morgan fingerprint density at radius 2 is 2.04 bits per heavy atom. The van der Waals surface area contributed by atoms with Gasteiger partial charge in [0.25, 0.3) is 0 Å². The lowest BCUT2D eigenvalue weighted by Gasteiger charge is -2.26. The lowest BCUT2D eigenvalue weighted by molar-refractivity contribution is 0.112. The number of carbonyl (C=O) groups excluding carboxylic acids is 1. The molecule has 0 aliphatic carbocycles. The molecule has 6 nitrogen and oxygen atoms in total. The minimum atomic E-state index is 0.653. The Morgan fingerprint density at radius 3 is 2.72 bits per heavy atom. The van der Waals surface area contributed by atoms with Crippen LogP contribution in [-0.4, -0.2) is 49.5 Å². The number of nitrogens with zero attached hydrogens (tertiary/aromatic N) is 3. The van der Waals surface area contributed by atoms with E-state index < -0.39 is 0 Å². The number of ether oxygens (including phenoxy) is 2. The number of anilines is 1. The van der Waals surface area contributed by atoms with Crippen molar-refractivity contribution < 1.29 is 14.3 Å². The summed E-state index contributed by atoms with van der Waals surface area (Å²) in [5.41, 5.74) is 2.14. The average Bonchev–Trinajstić information content (AvgIpc) is 3.23. The molecular formula is C18H19N3O3S. The maximum absolute atomic E-state index is 11.2. The smallest absolute Gasteiger partial charge is 0.168 e. The van der Waals surface area contributed by atoms with E-state index >= 15 is 0 Å². The number of morpholine rings is 1. The van der Waals surface area contributed by atoms with Crippen LogP contribution < -0.4 is 9.64 Å². The third-order valence-electron chi connectivity index (χ3n) is 4.35. The highest BCUT2D eigenvalue weighted by atomic mass is 32.1. The standard InChI is InChI=1S/C18H19N3O3S/c1-23-14-4-2-13(3-5-14)11-21-16-10-15(12-22)25-17(16)18(19-21)20-6-8-24-9-7-20/h2-5,10,12H,6-9,11H2,1H3. The van der Waals surface area contributed by atoms with Crippen LogP contribution in [0, 0.1) is 0 Å². The number of hydrogen-bond acceptors (Lipinski definition) is 6. The van der Waals surface area contributed by atoms with Crippen molar-refractivity contribution in [2.45, 2.75) is 6.54 Å². The highest BCUT2D eigenvalue weighted by molar-refractivity contribution is 7.21. The second-order valence-electron chi connectivity index (χ2n) is 5.91. The quantitative estimate of drug-likeness (QED) is 0.657. The van der Waals surface area contributed by atoms with Crippen LogP contribution in [0.2, 0.25) is 0 Å². The molecule has 4 rings (SSSR count). The van der Waals surface area contributed by atoms with Crippen molar-refractivity contribution in [3.63, 3.8) is 0 Å². The Labute approximate surface area is 149 Å². The van der Waals surface area contributed by atoms with E-state index in [1.54, 1.807) is 7.11 Å². The molecule has 0 unspecified atom stereocenters. The Kier molecular flexibility index (Phi) is 4.42. The van der Waals surface area contributed by atoms with Crippen molar-refractivity contribution >= 4 is 33.7 Å². The first-order valence-electron chi connectivity index (χ1n) is 8.19. The number of aromatic nitrogens is 2. The minimum absolute atomic E-state index is 0.653. The van der Waals surface area contributed by atoms with E-state index in [9.17, 15) is 4.79 Å². The molecule has 1 fully saturated rings. The number of aldehydes is 1. The highest BCUT2D eigenvalue weighted by Gasteiger charge is 2.21. The van der Waals surface area contributed by atoms with E-state index in [0.717, 1.165) is 51.6 Å². The molecule has 0 spiro atoms. The van der Waals surface area contributed by atoms with Gasteiger partial charge in [-0.3, -0.25) is 9.48 Å². The average molecular weight is 357 g/mol. The van der Waals surface area contributed by atoms with Crippen molar-refractivity contribution in [3.8, 4) is 5.75 Å². The van der Waals surface area contributed by atoms with E-state index in [2.05, 4.69) is 4.90 Å². The van der Waals surface area contributed by atoms with Crippen LogP contribution in [-0.2, 0) is 11.3 Å². The second kappa shape index (κ2) is 6.85. The molecule has 1 aromatic carbocycles. The fourth-order valence-corrected chi connectivity index (χ4v) is 4.01. The van der Waals surface area contributed by atoms with Gasteiger partial charge < -0.3 is 14.4 Å². The van der Waals surface area contributed by atoms with E-state index in [1.165, 1.54) is 11.3 Å². The van der Waals surface area contributed by atoms with Gasteiger partial charge in [0.1, 0.15) is 5.75 Å². The Bertz CT molecular complexity index is 879. The van der Waals surface area contributed by atoms with Gasteiger partial charge in [-0.15, -0.1) is 11.3 Å². The summed E-state index contributed by atoms with van der Waals surface area (Å²) in [7, 11) is 1.66. The molecule has 1 aliphatic rings. The number of methoxy groups -OCH3 is 1. The number of fused-ring (bicyclic) bond motifs is 1. The molecule has 25 heavy (non-hydrogen) atoms. The third kappa shape index (κ3) is 3.12. The Hall–Kier alpha value is -2.38. The van der Waals surface area contributed by atoms with Crippen molar-refractivity contribution in [2.24, 2.45) is 0 Å². The molecule has 3 heterocycles. The third-order valence-corrected chi connectivity index (χ3v) is 5.39. The summed E-state index contributed by atoms with van der Waals surface area (Å²) in [6.07, 6.45) is 0.908. The fourth-order valence-electron chi connectivity index (χ4n) is 3.03. The molecule has 0 atom stereocenters. The second-order valence-corrected chi connectivity index (χ2v) is 6.99. The normalized spacial score (nSPS) is 14.8. The summed E-state index contributed by atoms with van der Waals surface area (Å²) in [4.78, 5) is 14.2. The van der Waals surface area contributed by atoms with Crippen molar-refractivity contribution in [2.75, 3.05) is 38.3 Å². The van der Waals surface area contributed by atoms with Crippen LogP contribution in [0.3, 0.4) is 0 Å². The SMILES string of the molecule is COc1ccc(Cn2nc(N3CCOCC3)c3sc(C=O)cc32)cc1. The summed E-state index contributed by atoms with van der Waals surface area (Å²) in [5, 5.41) is 4.84. The first kappa shape index (κ1) is 16.1. The maximum Gasteiger partial charge on any atom is 0.168 e. The predicted octanol–water partition coefficient (Wildman–Crippen LogP) is 2.80. The van der Waals surface area contributed by atoms with Crippen molar-refractivity contribution in [3.05, 3.63) is 40.8 Å². The van der Waals surface area contributed by atoms with Crippen LogP contribution in [0.15, 0.2) is 30.3 Å². The molecule has 1 aliphatic heterocycles. The zero-order valence-corrected chi connectivity index (χ0v) is 14.8. The first-order valence-corrected chi connectivity index (χ1v) is 9.01. The Morgan fingerprint density at radius 1 is 1.28 bits per heavy atom. The molecule has 0 amide bonds. The minimum Gasteiger partial charge on any atom is -0.497 e. The number of benzene rings is 1. The van der Waals surface area contributed by atoms with Crippen molar-refractivity contribution in [1.82, 2.24) is 9.78 Å². The topological polar surface area (TPSA) is 56.6 Å². The molecule has 7 heteroatoms. The molecule has 0 bridgehead atoms. The zero-order chi connectivity index (χ0) is 17.2. The number of thiophene rings is 1. The highest BCUT2D eigenvalue weighted by Crippen LogP contribution is 2.34. The van der Waals surface area contributed by atoms with Crippen molar-refractivity contribution in [1.29, 1.82) is 0 Å². The summed E-state index contributed by atoms with van der Waals surface area (Å²) < 4.78 is 13.7. The Balaban J connectivity index is 1.71. The van der Waals surface area contributed by atoms with Gasteiger partial charge in [-0.25, -0.2) is 0 Å². The number of hydrogen-bond donors (Lipinski definition) is 0. The predicted molar refractivity (Wildman–Crippen MR) is 98.1 cm³/mol. The first-order chi connectivity index (χ1) is 12.3. The van der Waals surface area contributed by atoms with Crippen LogP contribution in [0.1, 0.15) is 15.2 Å². The molecule has 0 saturated carbocycles. The maximum atomic E-state index is 11.2. The lowest BCUT2D eigenvalue weighted by atomic mass is 10.2. The van der Waals surface area contributed by atoms with Gasteiger partial charge in [0, 0.05) is 13.1 Å². The molecule has 0 N–H and O–H groups in total. The summed E-state index contributed by atoms with van der Waals surface area (Å²) >= 11 is 1.50. The summed E-state index contributed by atoms with van der Waals surface area (Å²) in [5.74, 6) is 1.78. The monoisotopic (exact) mass is 357 g/mol. The van der Waals surface area contributed by atoms with Crippen LogP contribution in [0.5, 0.6) is 5.75 Å². The van der Waals surface area contributed by atoms with Gasteiger partial charge in [0.05, 0.1) is 42.0 Å². The van der Waals surface area contributed by atoms with Gasteiger partial charge >= 0.3 is 0 Å². The fraction of sp³-hybridized carbons (Fsp3) is 0.333. The van der Waals surface area contributed by atoms with Crippen LogP contribution >= 0.6 is 11.3 Å². The van der Waals surface area contributed by atoms with Gasteiger partial charge in [-0.05, 0) is 23.8 Å². The summed E-state index contributed by atoms with van der Waals surface area (Å²) in [6, 6.07) is 9.89. The van der Waals surface area contributed by atoms with E-state index in [4.69, 9.17) is 14.6 Å². The van der Waals surface area contributed by atoms with Gasteiger partial charge in [-0.1, -0.05) is 12.1 Å². The number of carbonyl (C=O) groups is 1. The summed E-state index contributed by atoms with van der Waals surface area (Å²) in [6.45, 7) is 3.71. The van der Waals surface area contributed by atoms with Crippen LogP contribution in [0.25, 0.3) is 10.2 Å². The number of rotatable bonds is 5. The molecule has 2 aromatic heterocycles. The zero-order valence-electron chi connectivity index (χ0n) is 14.0. The molecule has 0 radical (unpaired) electrons. The molecule has 1 saturated heterocycles. The largest absolute Gasteiger partial charge is 0.497 e. The van der Waals surface area contributed by atoms with E-state index in [-0.39, 0.29) is 0 Å².